The fourth-order valence-electron chi connectivity index (χ4n) is 1.39. The van der Waals surface area contributed by atoms with Crippen molar-refractivity contribution in [2.75, 3.05) is 30.3 Å². The molecule has 3 N–H and O–H groups in total. The number of aromatic nitrogens is 2. The van der Waals surface area contributed by atoms with Gasteiger partial charge < -0.3 is 15.7 Å². The molecule has 1 aromatic rings. The topological polar surface area (TPSA) is 70.1 Å². The van der Waals surface area contributed by atoms with E-state index in [-0.39, 0.29) is 6.61 Å². The summed E-state index contributed by atoms with van der Waals surface area (Å²) in [4.78, 5) is 8.63. The van der Waals surface area contributed by atoms with Crippen LogP contribution in [-0.2, 0) is 0 Å². The number of nitrogens with one attached hydrogen (secondary N) is 2. The zero-order valence-electron chi connectivity index (χ0n) is 10.7. The number of hydrogen-bond acceptors (Lipinski definition) is 5. The van der Waals surface area contributed by atoms with Gasteiger partial charge in [0.2, 0.25) is 5.95 Å². The van der Waals surface area contributed by atoms with Crippen LogP contribution in [-0.4, -0.2) is 34.8 Å². The first-order chi connectivity index (χ1) is 8.27. The minimum absolute atomic E-state index is 0.244. The highest BCUT2D eigenvalue weighted by Gasteiger charge is 2.02. The molecule has 0 aromatic carbocycles. The summed E-state index contributed by atoms with van der Waals surface area (Å²) in [6, 6.07) is 0. The second kappa shape index (κ2) is 7.84. The molecule has 0 spiro atoms. The van der Waals surface area contributed by atoms with Gasteiger partial charge in [-0.25, -0.2) is 4.98 Å². The van der Waals surface area contributed by atoms with Crippen LogP contribution in [0.4, 0.5) is 11.8 Å². The lowest BCUT2D eigenvalue weighted by atomic mass is 10.3. The maximum atomic E-state index is 8.70. The maximum Gasteiger partial charge on any atom is 0.224 e. The van der Waals surface area contributed by atoms with E-state index in [0.717, 1.165) is 43.7 Å². The van der Waals surface area contributed by atoms with Crippen molar-refractivity contribution in [2.45, 2.75) is 33.1 Å². The number of anilines is 2. The van der Waals surface area contributed by atoms with Gasteiger partial charge in [0.25, 0.3) is 0 Å². The Morgan fingerprint density at radius 1 is 1.24 bits per heavy atom. The lowest BCUT2D eigenvalue weighted by Gasteiger charge is -2.10. The molecule has 0 bridgehead atoms. The van der Waals surface area contributed by atoms with Crippen LogP contribution >= 0.6 is 0 Å². The SMILES string of the molecule is CCCNc1ncc(C)c(NCCCCO)n1. The molecule has 96 valence electrons. The Hall–Kier alpha value is -1.36. The van der Waals surface area contributed by atoms with E-state index in [1.54, 1.807) is 0 Å². The predicted molar refractivity (Wildman–Crippen MR) is 70.4 cm³/mol. The Balaban J connectivity index is 2.50. The Kier molecular flexibility index (Phi) is 6.32. The van der Waals surface area contributed by atoms with Crippen molar-refractivity contribution in [3.63, 3.8) is 0 Å². The van der Waals surface area contributed by atoms with Crippen molar-refractivity contribution in [1.82, 2.24) is 9.97 Å². The second-order valence-corrected chi connectivity index (χ2v) is 4.01. The van der Waals surface area contributed by atoms with Crippen molar-refractivity contribution in [1.29, 1.82) is 0 Å². The molecule has 5 heteroatoms. The number of aliphatic hydroxyl groups is 1. The summed E-state index contributed by atoms with van der Waals surface area (Å²) in [6.45, 7) is 6.04. The third kappa shape index (κ3) is 4.99. The van der Waals surface area contributed by atoms with Gasteiger partial charge in [-0.3, -0.25) is 0 Å². The largest absolute Gasteiger partial charge is 0.396 e. The molecular formula is C12H22N4O. The van der Waals surface area contributed by atoms with Gasteiger partial charge in [-0.1, -0.05) is 6.92 Å². The summed E-state index contributed by atoms with van der Waals surface area (Å²) >= 11 is 0. The molecule has 0 aliphatic heterocycles. The van der Waals surface area contributed by atoms with Crippen LogP contribution < -0.4 is 10.6 Å². The van der Waals surface area contributed by atoms with Crippen molar-refractivity contribution in [3.8, 4) is 0 Å². The number of rotatable bonds is 8. The summed E-state index contributed by atoms with van der Waals surface area (Å²) in [6.07, 6.45) is 4.63. The van der Waals surface area contributed by atoms with Gasteiger partial charge in [-0.2, -0.15) is 4.98 Å². The standard InChI is InChI=1S/C12H22N4O/c1-3-6-14-12-15-9-10(2)11(16-12)13-7-4-5-8-17/h9,17H,3-8H2,1-2H3,(H2,13,14,15,16). The molecule has 1 heterocycles. The normalized spacial score (nSPS) is 10.3. The van der Waals surface area contributed by atoms with Crippen LogP contribution in [0.25, 0.3) is 0 Å². The van der Waals surface area contributed by atoms with Gasteiger partial charge in [0.1, 0.15) is 5.82 Å². The summed E-state index contributed by atoms with van der Waals surface area (Å²) < 4.78 is 0. The number of aryl methyl sites for hydroxylation is 1. The second-order valence-electron chi connectivity index (χ2n) is 4.01. The Labute approximate surface area is 103 Å². The van der Waals surface area contributed by atoms with E-state index in [4.69, 9.17) is 5.11 Å². The van der Waals surface area contributed by atoms with Gasteiger partial charge in [0.15, 0.2) is 0 Å². The van der Waals surface area contributed by atoms with Crippen LogP contribution in [0.15, 0.2) is 6.20 Å². The first-order valence-electron chi connectivity index (χ1n) is 6.20. The molecule has 0 fully saturated rings. The number of unbranched alkanes of at least 4 members (excludes halogenated alkanes) is 1. The van der Waals surface area contributed by atoms with E-state index in [9.17, 15) is 0 Å². The van der Waals surface area contributed by atoms with Crippen LogP contribution in [0.5, 0.6) is 0 Å². The lowest BCUT2D eigenvalue weighted by molar-refractivity contribution is 0.286. The van der Waals surface area contributed by atoms with Crippen molar-refractivity contribution < 1.29 is 5.11 Å². The predicted octanol–water partition coefficient (Wildman–Crippen LogP) is 1.79. The first kappa shape index (κ1) is 13.7. The van der Waals surface area contributed by atoms with Crippen molar-refractivity contribution >= 4 is 11.8 Å². The van der Waals surface area contributed by atoms with Crippen LogP contribution in [0.3, 0.4) is 0 Å². The fraction of sp³-hybridized carbons (Fsp3) is 0.667. The fourth-order valence-corrected chi connectivity index (χ4v) is 1.39. The minimum Gasteiger partial charge on any atom is -0.396 e. The highest BCUT2D eigenvalue weighted by atomic mass is 16.2. The van der Waals surface area contributed by atoms with Gasteiger partial charge in [0, 0.05) is 31.5 Å². The van der Waals surface area contributed by atoms with Gasteiger partial charge in [-0.15, -0.1) is 0 Å². The number of hydrogen-bond donors (Lipinski definition) is 3. The zero-order valence-corrected chi connectivity index (χ0v) is 10.7. The lowest BCUT2D eigenvalue weighted by Crippen LogP contribution is -2.10. The smallest absolute Gasteiger partial charge is 0.224 e. The van der Waals surface area contributed by atoms with E-state index in [0.29, 0.717) is 5.95 Å². The molecule has 0 radical (unpaired) electrons. The molecule has 0 aliphatic rings. The molecule has 1 aromatic heterocycles. The first-order valence-corrected chi connectivity index (χ1v) is 6.20. The molecule has 1 rings (SSSR count). The molecule has 0 unspecified atom stereocenters. The van der Waals surface area contributed by atoms with Crippen LogP contribution in [0.2, 0.25) is 0 Å². The molecular weight excluding hydrogens is 216 g/mol. The molecule has 0 atom stereocenters. The molecule has 0 saturated heterocycles. The monoisotopic (exact) mass is 238 g/mol. The number of nitrogens with zero attached hydrogens (tertiary/aromatic N) is 2. The van der Waals surface area contributed by atoms with Gasteiger partial charge in [-0.05, 0) is 26.2 Å². The average Bonchev–Trinajstić information content (AvgIpc) is 2.35. The van der Waals surface area contributed by atoms with E-state index in [1.165, 1.54) is 0 Å². The third-order valence-electron chi connectivity index (χ3n) is 2.38. The maximum absolute atomic E-state index is 8.70. The third-order valence-corrected chi connectivity index (χ3v) is 2.38. The average molecular weight is 238 g/mol. The Morgan fingerprint density at radius 2 is 2.06 bits per heavy atom. The summed E-state index contributed by atoms with van der Waals surface area (Å²) in [5.41, 5.74) is 1.04. The van der Waals surface area contributed by atoms with E-state index in [1.807, 2.05) is 13.1 Å². The molecule has 0 amide bonds. The molecule has 17 heavy (non-hydrogen) atoms. The molecule has 5 nitrogen and oxygen atoms in total. The van der Waals surface area contributed by atoms with E-state index >= 15 is 0 Å². The van der Waals surface area contributed by atoms with E-state index in [2.05, 4.69) is 27.5 Å². The van der Waals surface area contributed by atoms with Crippen LogP contribution in [0, 0.1) is 6.92 Å². The Bertz CT molecular complexity index is 330. The summed E-state index contributed by atoms with van der Waals surface area (Å²) in [5, 5.41) is 15.1. The summed E-state index contributed by atoms with van der Waals surface area (Å²) in [7, 11) is 0. The summed E-state index contributed by atoms with van der Waals surface area (Å²) in [5.74, 6) is 1.54. The van der Waals surface area contributed by atoms with Crippen molar-refractivity contribution in [2.24, 2.45) is 0 Å². The number of aliphatic hydroxyl groups excluding tert-OH is 1. The zero-order chi connectivity index (χ0) is 12.5. The molecule has 0 aliphatic carbocycles. The molecule has 0 saturated carbocycles. The van der Waals surface area contributed by atoms with Crippen molar-refractivity contribution in [3.05, 3.63) is 11.8 Å². The highest BCUT2D eigenvalue weighted by molar-refractivity contribution is 5.46. The quantitative estimate of drug-likeness (QED) is 0.602. The highest BCUT2D eigenvalue weighted by Crippen LogP contribution is 2.12. The van der Waals surface area contributed by atoms with Crippen LogP contribution in [0.1, 0.15) is 31.7 Å². The van der Waals surface area contributed by atoms with Gasteiger partial charge in [0.05, 0.1) is 0 Å². The van der Waals surface area contributed by atoms with E-state index < -0.39 is 0 Å². The Morgan fingerprint density at radius 3 is 2.76 bits per heavy atom. The van der Waals surface area contributed by atoms with Gasteiger partial charge >= 0.3 is 0 Å². The minimum atomic E-state index is 0.244.